The summed E-state index contributed by atoms with van der Waals surface area (Å²) in [6.07, 6.45) is 0. The number of nitrogens with two attached hydrogens (primary N) is 1. The average molecular weight is 284 g/mol. The first-order valence-corrected chi connectivity index (χ1v) is 7.52. The number of nitrogen functional groups attached to an aromatic ring is 1. The van der Waals surface area contributed by atoms with Crippen LogP contribution in [0.25, 0.3) is 0 Å². The number of hydrogen-bond donors (Lipinski definition) is 2. The SMILES string of the molecule is Cc1ccc(N)cc1NC(=O)C1CSc2ccccc21. The van der Waals surface area contributed by atoms with E-state index < -0.39 is 0 Å². The fraction of sp³-hybridized carbons (Fsp3) is 0.188. The first-order valence-electron chi connectivity index (χ1n) is 6.54. The van der Waals surface area contributed by atoms with Gasteiger partial charge in [-0.15, -0.1) is 11.8 Å². The number of amides is 1. The Morgan fingerprint density at radius 2 is 2.10 bits per heavy atom. The molecular formula is C16H16N2OS. The highest BCUT2D eigenvalue weighted by molar-refractivity contribution is 7.99. The highest BCUT2D eigenvalue weighted by atomic mass is 32.2. The first kappa shape index (κ1) is 13.1. The molecule has 1 heterocycles. The summed E-state index contributed by atoms with van der Waals surface area (Å²) in [5.41, 5.74) is 9.37. The van der Waals surface area contributed by atoms with Crippen LogP contribution < -0.4 is 11.1 Å². The molecular weight excluding hydrogens is 268 g/mol. The van der Waals surface area contributed by atoms with Gasteiger partial charge in [0.15, 0.2) is 0 Å². The van der Waals surface area contributed by atoms with Crippen LogP contribution in [0.15, 0.2) is 47.4 Å². The molecule has 0 aliphatic carbocycles. The third-order valence-corrected chi connectivity index (χ3v) is 4.72. The molecule has 3 N–H and O–H groups in total. The van der Waals surface area contributed by atoms with Crippen molar-refractivity contribution in [1.82, 2.24) is 0 Å². The molecule has 1 aliphatic rings. The van der Waals surface area contributed by atoms with Crippen molar-refractivity contribution in [1.29, 1.82) is 0 Å². The van der Waals surface area contributed by atoms with Crippen LogP contribution in [0.5, 0.6) is 0 Å². The number of thioether (sulfide) groups is 1. The Balaban J connectivity index is 1.83. The first-order chi connectivity index (χ1) is 9.65. The molecule has 2 aromatic carbocycles. The Labute approximate surface area is 122 Å². The summed E-state index contributed by atoms with van der Waals surface area (Å²) in [6.45, 7) is 1.96. The third-order valence-electron chi connectivity index (χ3n) is 3.54. The Hall–Kier alpha value is -1.94. The zero-order chi connectivity index (χ0) is 14.1. The van der Waals surface area contributed by atoms with E-state index >= 15 is 0 Å². The van der Waals surface area contributed by atoms with E-state index in [9.17, 15) is 4.79 Å². The molecule has 1 atom stereocenters. The molecule has 2 aromatic rings. The maximum absolute atomic E-state index is 12.5. The van der Waals surface area contributed by atoms with E-state index in [4.69, 9.17) is 5.73 Å². The minimum Gasteiger partial charge on any atom is -0.399 e. The van der Waals surface area contributed by atoms with Crippen LogP contribution >= 0.6 is 11.8 Å². The average Bonchev–Trinajstić information content (AvgIpc) is 2.87. The van der Waals surface area contributed by atoms with E-state index in [1.54, 1.807) is 17.8 Å². The van der Waals surface area contributed by atoms with Crippen molar-refractivity contribution in [2.24, 2.45) is 0 Å². The van der Waals surface area contributed by atoms with Gasteiger partial charge in [0.2, 0.25) is 5.91 Å². The number of carbonyl (C=O) groups excluding carboxylic acids is 1. The molecule has 0 aromatic heterocycles. The molecule has 102 valence electrons. The Kier molecular flexibility index (Phi) is 3.40. The van der Waals surface area contributed by atoms with Gasteiger partial charge >= 0.3 is 0 Å². The van der Waals surface area contributed by atoms with Crippen molar-refractivity contribution in [3.8, 4) is 0 Å². The highest BCUT2D eigenvalue weighted by Gasteiger charge is 2.29. The summed E-state index contributed by atoms with van der Waals surface area (Å²) < 4.78 is 0. The van der Waals surface area contributed by atoms with Gasteiger partial charge in [-0.2, -0.15) is 0 Å². The molecule has 0 bridgehead atoms. The molecule has 0 saturated carbocycles. The van der Waals surface area contributed by atoms with Crippen molar-refractivity contribution in [3.63, 3.8) is 0 Å². The van der Waals surface area contributed by atoms with Crippen molar-refractivity contribution in [2.75, 3.05) is 16.8 Å². The van der Waals surface area contributed by atoms with Gasteiger partial charge in [0.1, 0.15) is 0 Å². The van der Waals surface area contributed by atoms with Crippen molar-refractivity contribution in [3.05, 3.63) is 53.6 Å². The van der Waals surface area contributed by atoms with Crippen LogP contribution in [0.3, 0.4) is 0 Å². The lowest BCUT2D eigenvalue weighted by Crippen LogP contribution is -2.21. The van der Waals surface area contributed by atoms with Crippen LogP contribution in [0.2, 0.25) is 0 Å². The summed E-state index contributed by atoms with van der Waals surface area (Å²) in [7, 11) is 0. The van der Waals surface area contributed by atoms with Crippen molar-refractivity contribution >= 4 is 29.0 Å². The summed E-state index contributed by atoms with van der Waals surface area (Å²) in [4.78, 5) is 13.7. The zero-order valence-electron chi connectivity index (χ0n) is 11.2. The minimum absolute atomic E-state index is 0.0381. The molecule has 0 fully saturated rings. The summed E-state index contributed by atoms with van der Waals surface area (Å²) >= 11 is 1.74. The van der Waals surface area contributed by atoms with E-state index in [1.807, 2.05) is 37.3 Å². The van der Waals surface area contributed by atoms with E-state index in [0.717, 1.165) is 22.6 Å². The fourth-order valence-electron chi connectivity index (χ4n) is 2.37. The zero-order valence-corrected chi connectivity index (χ0v) is 12.0. The van der Waals surface area contributed by atoms with Gasteiger partial charge in [-0.3, -0.25) is 4.79 Å². The Bertz CT molecular complexity index is 669. The highest BCUT2D eigenvalue weighted by Crippen LogP contribution is 2.39. The molecule has 1 amide bonds. The predicted octanol–water partition coefficient (Wildman–Crippen LogP) is 3.41. The smallest absolute Gasteiger partial charge is 0.232 e. The fourth-order valence-corrected chi connectivity index (χ4v) is 3.60. The third kappa shape index (κ3) is 2.39. The molecule has 20 heavy (non-hydrogen) atoms. The normalized spacial score (nSPS) is 16.8. The summed E-state index contributed by atoms with van der Waals surface area (Å²) in [6, 6.07) is 13.7. The molecule has 1 unspecified atom stereocenters. The second-order valence-electron chi connectivity index (χ2n) is 4.97. The molecule has 4 heteroatoms. The molecule has 0 radical (unpaired) electrons. The number of aryl methyl sites for hydroxylation is 1. The maximum atomic E-state index is 12.5. The van der Waals surface area contributed by atoms with Crippen LogP contribution in [-0.4, -0.2) is 11.7 Å². The van der Waals surface area contributed by atoms with Crippen LogP contribution in [-0.2, 0) is 4.79 Å². The topological polar surface area (TPSA) is 55.1 Å². The van der Waals surface area contributed by atoms with E-state index in [0.29, 0.717) is 5.69 Å². The molecule has 3 rings (SSSR count). The van der Waals surface area contributed by atoms with Gasteiger partial charge in [-0.1, -0.05) is 24.3 Å². The number of hydrogen-bond acceptors (Lipinski definition) is 3. The molecule has 0 saturated heterocycles. The van der Waals surface area contributed by atoms with Crippen LogP contribution in [0.1, 0.15) is 17.0 Å². The number of benzene rings is 2. The Morgan fingerprint density at radius 1 is 1.30 bits per heavy atom. The lowest BCUT2D eigenvalue weighted by atomic mass is 10.0. The van der Waals surface area contributed by atoms with Gasteiger partial charge in [-0.25, -0.2) is 0 Å². The maximum Gasteiger partial charge on any atom is 0.232 e. The number of carbonyl (C=O) groups is 1. The quantitative estimate of drug-likeness (QED) is 0.831. The van der Waals surface area contributed by atoms with Crippen molar-refractivity contribution in [2.45, 2.75) is 17.7 Å². The van der Waals surface area contributed by atoms with Gasteiger partial charge < -0.3 is 11.1 Å². The Morgan fingerprint density at radius 3 is 2.95 bits per heavy atom. The lowest BCUT2D eigenvalue weighted by Gasteiger charge is -2.13. The summed E-state index contributed by atoms with van der Waals surface area (Å²) in [5, 5.41) is 3.00. The predicted molar refractivity (Wildman–Crippen MR) is 84.1 cm³/mol. The number of nitrogens with one attached hydrogen (secondary N) is 1. The van der Waals surface area contributed by atoms with E-state index in [2.05, 4.69) is 11.4 Å². The number of fused-ring (bicyclic) bond motifs is 1. The lowest BCUT2D eigenvalue weighted by molar-refractivity contribution is -0.117. The molecule has 1 aliphatic heterocycles. The second-order valence-corrected chi connectivity index (χ2v) is 6.03. The second kappa shape index (κ2) is 5.21. The number of rotatable bonds is 2. The van der Waals surface area contributed by atoms with Gasteiger partial charge in [-0.05, 0) is 36.2 Å². The molecule has 3 nitrogen and oxygen atoms in total. The minimum atomic E-state index is -0.0861. The van der Waals surface area contributed by atoms with Crippen molar-refractivity contribution < 1.29 is 4.79 Å². The number of anilines is 2. The van der Waals surface area contributed by atoms with E-state index in [-0.39, 0.29) is 11.8 Å². The molecule has 0 spiro atoms. The van der Waals surface area contributed by atoms with Gasteiger partial charge in [0, 0.05) is 22.0 Å². The van der Waals surface area contributed by atoms with Gasteiger partial charge in [0.25, 0.3) is 0 Å². The van der Waals surface area contributed by atoms with Gasteiger partial charge in [0.05, 0.1) is 5.92 Å². The van der Waals surface area contributed by atoms with Crippen LogP contribution in [0, 0.1) is 6.92 Å². The summed E-state index contributed by atoms with van der Waals surface area (Å²) in [5.74, 6) is 0.750. The monoisotopic (exact) mass is 284 g/mol. The largest absolute Gasteiger partial charge is 0.399 e. The standard InChI is InChI=1S/C16H16N2OS/c1-10-6-7-11(17)8-14(10)18-16(19)13-9-20-15-5-3-2-4-12(13)15/h2-8,13H,9,17H2,1H3,(H,18,19). The van der Waals surface area contributed by atoms with Crippen LogP contribution in [0.4, 0.5) is 11.4 Å². The van der Waals surface area contributed by atoms with E-state index in [1.165, 1.54) is 4.90 Å².